The summed E-state index contributed by atoms with van der Waals surface area (Å²) < 4.78 is 1.74. The lowest BCUT2D eigenvalue weighted by molar-refractivity contribution is 0.0994. The van der Waals surface area contributed by atoms with Gasteiger partial charge in [0.05, 0.1) is 5.25 Å². The van der Waals surface area contributed by atoms with Crippen LogP contribution in [0.15, 0.2) is 45.7 Å². The Balaban J connectivity index is 1.98. The van der Waals surface area contributed by atoms with Crippen molar-refractivity contribution in [3.63, 3.8) is 0 Å². The van der Waals surface area contributed by atoms with E-state index < -0.39 is 0 Å². The van der Waals surface area contributed by atoms with Crippen LogP contribution in [0.3, 0.4) is 0 Å². The zero-order valence-corrected chi connectivity index (χ0v) is 14.6. The second-order valence-corrected chi connectivity index (χ2v) is 7.66. The number of hydrogen-bond acceptors (Lipinski definition) is 6. The molecule has 1 atom stereocenters. The molecule has 0 spiro atoms. The molecule has 0 saturated heterocycles. The van der Waals surface area contributed by atoms with Crippen molar-refractivity contribution in [1.82, 2.24) is 10.2 Å². The maximum atomic E-state index is 12.3. The van der Waals surface area contributed by atoms with E-state index in [0.29, 0.717) is 12.1 Å². The van der Waals surface area contributed by atoms with Crippen molar-refractivity contribution in [2.24, 2.45) is 0 Å². The number of thioether (sulfide) groups is 1. The van der Waals surface area contributed by atoms with E-state index in [-0.39, 0.29) is 11.0 Å². The summed E-state index contributed by atoms with van der Waals surface area (Å²) in [5, 5.41) is 11.7. The molecule has 1 heterocycles. The molecule has 1 aromatic heterocycles. The van der Waals surface area contributed by atoms with Gasteiger partial charge in [0.25, 0.3) is 0 Å². The predicted octanol–water partition coefficient (Wildman–Crippen LogP) is 4.26. The van der Waals surface area contributed by atoms with E-state index in [2.05, 4.69) is 38.0 Å². The third-order valence-electron chi connectivity index (χ3n) is 2.58. The van der Waals surface area contributed by atoms with Gasteiger partial charge >= 0.3 is 0 Å². The van der Waals surface area contributed by atoms with Crippen molar-refractivity contribution >= 4 is 49.9 Å². The summed E-state index contributed by atoms with van der Waals surface area (Å²) in [6.07, 6.45) is 1.76. The van der Waals surface area contributed by atoms with E-state index in [1.807, 2.05) is 31.2 Å². The van der Waals surface area contributed by atoms with Gasteiger partial charge in [0.1, 0.15) is 0 Å². The first-order valence-corrected chi connectivity index (χ1v) is 8.73. The molecule has 0 aliphatic rings. The molecular formula is C14H14BrN3OS2. The van der Waals surface area contributed by atoms with Gasteiger partial charge in [0, 0.05) is 16.6 Å². The molecule has 21 heavy (non-hydrogen) atoms. The number of benzene rings is 1. The minimum atomic E-state index is -0.202. The van der Waals surface area contributed by atoms with Gasteiger partial charge < -0.3 is 5.32 Å². The van der Waals surface area contributed by atoms with E-state index in [0.717, 1.165) is 13.9 Å². The van der Waals surface area contributed by atoms with Gasteiger partial charge in [0.2, 0.25) is 5.13 Å². The quantitative estimate of drug-likeness (QED) is 0.439. The van der Waals surface area contributed by atoms with Crippen LogP contribution >= 0.6 is 39.0 Å². The molecule has 0 amide bonds. The number of anilines is 1. The van der Waals surface area contributed by atoms with Crippen LogP contribution in [-0.4, -0.2) is 27.8 Å². The number of carbonyl (C=O) groups excluding carboxylic acids is 1. The summed E-state index contributed by atoms with van der Waals surface area (Å²) >= 11 is 6.22. The van der Waals surface area contributed by atoms with Crippen molar-refractivity contribution in [2.75, 3.05) is 11.9 Å². The van der Waals surface area contributed by atoms with Crippen LogP contribution in [0.25, 0.3) is 0 Å². The lowest BCUT2D eigenvalue weighted by atomic mass is 10.1. The van der Waals surface area contributed by atoms with Crippen LogP contribution in [-0.2, 0) is 0 Å². The van der Waals surface area contributed by atoms with Crippen LogP contribution in [0.5, 0.6) is 0 Å². The Morgan fingerprint density at radius 2 is 2.19 bits per heavy atom. The molecule has 0 saturated carbocycles. The fraction of sp³-hybridized carbons (Fsp3) is 0.214. The van der Waals surface area contributed by atoms with Gasteiger partial charge in [-0.3, -0.25) is 4.79 Å². The molecule has 1 N–H and O–H groups in total. The molecule has 0 unspecified atom stereocenters. The van der Waals surface area contributed by atoms with Gasteiger partial charge in [-0.1, -0.05) is 57.2 Å². The fourth-order valence-electron chi connectivity index (χ4n) is 1.54. The Morgan fingerprint density at radius 1 is 1.48 bits per heavy atom. The molecular weight excluding hydrogens is 370 g/mol. The maximum Gasteiger partial charge on any atom is 0.206 e. The number of Topliss-reactive ketones (excluding diaryl/α,β-unsaturated/α-hetero) is 1. The highest BCUT2D eigenvalue weighted by atomic mass is 79.9. The average molecular weight is 384 g/mol. The Morgan fingerprint density at radius 3 is 2.86 bits per heavy atom. The zero-order valence-electron chi connectivity index (χ0n) is 11.4. The molecule has 0 fully saturated rings. The Bertz CT molecular complexity index is 627. The summed E-state index contributed by atoms with van der Waals surface area (Å²) in [7, 11) is 0. The minimum Gasteiger partial charge on any atom is -0.357 e. The van der Waals surface area contributed by atoms with Crippen LogP contribution < -0.4 is 5.32 Å². The molecule has 0 aliphatic heterocycles. The smallest absolute Gasteiger partial charge is 0.206 e. The molecule has 110 valence electrons. The Labute approximate surface area is 140 Å². The number of nitrogens with zero attached hydrogens (tertiary/aromatic N) is 2. The number of nitrogens with one attached hydrogen (secondary N) is 1. The first-order valence-electron chi connectivity index (χ1n) is 6.25. The van der Waals surface area contributed by atoms with E-state index in [4.69, 9.17) is 0 Å². The van der Waals surface area contributed by atoms with Crippen LogP contribution in [0.1, 0.15) is 17.3 Å². The second-order valence-electron chi connectivity index (χ2n) is 4.17. The number of carbonyl (C=O) groups is 1. The number of rotatable bonds is 7. The minimum absolute atomic E-state index is 0.0864. The summed E-state index contributed by atoms with van der Waals surface area (Å²) in [4.78, 5) is 12.3. The number of ketones is 1. The molecule has 2 rings (SSSR count). The van der Waals surface area contributed by atoms with Crippen LogP contribution in [0.2, 0.25) is 0 Å². The SMILES string of the molecule is C=CCNc1nnc(S[C@@H](C)C(=O)c2ccc(Br)cc2)s1. The van der Waals surface area contributed by atoms with Gasteiger partial charge in [-0.05, 0) is 19.1 Å². The summed E-state index contributed by atoms with van der Waals surface area (Å²) in [5.74, 6) is 0.0864. The van der Waals surface area contributed by atoms with Crippen molar-refractivity contribution in [3.05, 3.63) is 47.0 Å². The molecule has 2 aromatic rings. The lowest BCUT2D eigenvalue weighted by Gasteiger charge is -2.07. The maximum absolute atomic E-state index is 12.3. The first-order chi connectivity index (χ1) is 10.1. The molecule has 0 bridgehead atoms. The Hall–Kier alpha value is -1.18. The van der Waals surface area contributed by atoms with Gasteiger partial charge in [-0.15, -0.1) is 16.8 Å². The third-order valence-corrected chi connectivity index (χ3v) is 5.17. The lowest BCUT2D eigenvalue weighted by Crippen LogP contribution is -2.13. The normalized spacial score (nSPS) is 11.9. The largest absolute Gasteiger partial charge is 0.357 e. The highest BCUT2D eigenvalue weighted by molar-refractivity contribution is 9.10. The number of aromatic nitrogens is 2. The van der Waals surface area contributed by atoms with Crippen molar-refractivity contribution in [2.45, 2.75) is 16.5 Å². The third kappa shape index (κ3) is 4.66. The molecule has 7 heteroatoms. The molecule has 4 nitrogen and oxygen atoms in total. The van der Waals surface area contributed by atoms with Gasteiger partial charge in [0.15, 0.2) is 10.1 Å². The molecule has 1 aromatic carbocycles. The van der Waals surface area contributed by atoms with E-state index in [1.54, 1.807) is 6.08 Å². The van der Waals surface area contributed by atoms with Gasteiger partial charge in [-0.25, -0.2) is 0 Å². The van der Waals surface area contributed by atoms with E-state index >= 15 is 0 Å². The van der Waals surface area contributed by atoms with E-state index in [9.17, 15) is 4.79 Å². The predicted molar refractivity (Wildman–Crippen MR) is 92.4 cm³/mol. The number of hydrogen-bond donors (Lipinski definition) is 1. The second kappa shape index (κ2) is 7.72. The monoisotopic (exact) mass is 383 g/mol. The summed E-state index contributed by atoms with van der Waals surface area (Å²) in [6.45, 7) is 6.16. The highest BCUT2D eigenvalue weighted by Gasteiger charge is 2.18. The zero-order chi connectivity index (χ0) is 15.2. The standard InChI is InChI=1S/C14H14BrN3OS2/c1-3-8-16-13-17-18-14(21-13)20-9(2)12(19)10-4-6-11(15)7-5-10/h3-7,9H,1,8H2,2H3,(H,16,17)/t9-/m0/s1. The van der Waals surface area contributed by atoms with Crippen LogP contribution in [0, 0.1) is 0 Å². The average Bonchev–Trinajstić information content (AvgIpc) is 2.92. The van der Waals surface area contributed by atoms with Crippen molar-refractivity contribution < 1.29 is 4.79 Å². The van der Waals surface area contributed by atoms with Crippen molar-refractivity contribution in [1.29, 1.82) is 0 Å². The first kappa shape index (κ1) is 16.2. The van der Waals surface area contributed by atoms with Crippen LogP contribution in [0.4, 0.5) is 5.13 Å². The van der Waals surface area contributed by atoms with Gasteiger partial charge in [-0.2, -0.15) is 0 Å². The highest BCUT2D eigenvalue weighted by Crippen LogP contribution is 2.30. The molecule has 0 radical (unpaired) electrons. The Kier molecular flexibility index (Phi) is 5.96. The molecule has 0 aliphatic carbocycles. The number of halogens is 1. The van der Waals surface area contributed by atoms with Crippen molar-refractivity contribution in [3.8, 4) is 0 Å². The fourth-order valence-corrected chi connectivity index (χ4v) is 3.79. The topological polar surface area (TPSA) is 54.9 Å². The summed E-state index contributed by atoms with van der Waals surface area (Å²) in [6, 6.07) is 7.38. The van der Waals surface area contributed by atoms with E-state index in [1.165, 1.54) is 23.1 Å². The summed E-state index contributed by atoms with van der Waals surface area (Å²) in [5.41, 5.74) is 0.702.